The Labute approximate surface area is 98.0 Å². The van der Waals surface area contributed by atoms with Gasteiger partial charge in [-0.2, -0.15) is 0 Å². The molecule has 0 amide bonds. The van der Waals surface area contributed by atoms with Crippen LogP contribution in [0.4, 0.5) is 10.1 Å². The molecule has 1 aromatic heterocycles. The van der Waals surface area contributed by atoms with Crippen LogP contribution in [0.3, 0.4) is 0 Å². The smallest absolute Gasteiger partial charge is 0.170 e. The van der Waals surface area contributed by atoms with E-state index in [0.717, 1.165) is 5.82 Å². The lowest BCUT2D eigenvalue weighted by atomic mass is 10.3. The molecular weight excluding hydrogens is 223 g/mol. The van der Waals surface area contributed by atoms with E-state index in [-0.39, 0.29) is 18.1 Å². The van der Waals surface area contributed by atoms with Gasteiger partial charge in [-0.15, -0.1) is 10.2 Å². The number of nitrogen functional groups attached to an aromatic ring is 1. The average Bonchev–Trinajstić information content (AvgIpc) is 2.59. The van der Waals surface area contributed by atoms with Crippen LogP contribution in [-0.4, -0.2) is 14.8 Å². The molecule has 2 rings (SSSR count). The molecule has 2 N–H and O–H groups in total. The first-order valence-corrected chi connectivity index (χ1v) is 5.10. The van der Waals surface area contributed by atoms with Gasteiger partial charge >= 0.3 is 0 Å². The van der Waals surface area contributed by atoms with Crippen LogP contribution in [0.25, 0.3) is 0 Å². The van der Waals surface area contributed by atoms with Gasteiger partial charge in [-0.05, 0) is 19.1 Å². The van der Waals surface area contributed by atoms with Crippen LogP contribution >= 0.6 is 0 Å². The fourth-order valence-electron chi connectivity index (χ4n) is 1.37. The van der Waals surface area contributed by atoms with E-state index >= 15 is 0 Å². The van der Waals surface area contributed by atoms with Crippen molar-refractivity contribution in [3.8, 4) is 5.75 Å². The Morgan fingerprint density at radius 2 is 2.18 bits per heavy atom. The maximum absolute atomic E-state index is 12.8. The fraction of sp³-hybridized carbons (Fsp3) is 0.273. The largest absolute Gasteiger partial charge is 0.483 e. The lowest BCUT2D eigenvalue weighted by Gasteiger charge is -2.08. The standard InChI is InChI=1S/C11H13FN4O/c1-7-14-15-11(16(7)2)6-17-10-4-3-8(12)5-9(10)13/h3-5H,6,13H2,1-2H3. The molecule has 0 bridgehead atoms. The maximum Gasteiger partial charge on any atom is 0.170 e. The molecule has 5 nitrogen and oxygen atoms in total. The zero-order chi connectivity index (χ0) is 12.4. The quantitative estimate of drug-likeness (QED) is 0.818. The van der Waals surface area contributed by atoms with Crippen LogP contribution in [0.1, 0.15) is 11.6 Å². The predicted molar refractivity (Wildman–Crippen MR) is 60.9 cm³/mol. The van der Waals surface area contributed by atoms with E-state index < -0.39 is 0 Å². The minimum Gasteiger partial charge on any atom is -0.483 e. The first-order chi connectivity index (χ1) is 8.08. The number of hydrogen-bond acceptors (Lipinski definition) is 4. The molecule has 0 spiro atoms. The number of aromatic nitrogens is 3. The SMILES string of the molecule is Cc1nnc(COc2ccc(F)cc2N)n1C. The Morgan fingerprint density at radius 1 is 1.41 bits per heavy atom. The molecule has 17 heavy (non-hydrogen) atoms. The molecule has 1 aromatic carbocycles. The highest BCUT2D eigenvalue weighted by molar-refractivity contribution is 5.52. The summed E-state index contributed by atoms with van der Waals surface area (Å²) in [6.07, 6.45) is 0. The molecule has 0 unspecified atom stereocenters. The van der Waals surface area contributed by atoms with E-state index in [0.29, 0.717) is 11.6 Å². The van der Waals surface area contributed by atoms with Crippen LogP contribution in [0.5, 0.6) is 5.75 Å². The Balaban J connectivity index is 2.10. The molecule has 0 saturated carbocycles. The summed E-state index contributed by atoms with van der Waals surface area (Å²) in [5.41, 5.74) is 5.89. The van der Waals surface area contributed by atoms with Gasteiger partial charge in [0.05, 0.1) is 5.69 Å². The van der Waals surface area contributed by atoms with Crippen molar-refractivity contribution in [3.63, 3.8) is 0 Å². The number of aryl methyl sites for hydroxylation is 1. The Bertz CT molecular complexity index is 538. The van der Waals surface area contributed by atoms with Gasteiger partial charge in [0.25, 0.3) is 0 Å². The summed E-state index contributed by atoms with van der Waals surface area (Å²) in [6.45, 7) is 2.09. The Kier molecular flexibility index (Phi) is 2.95. The topological polar surface area (TPSA) is 66.0 Å². The van der Waals surface area contributed by atoms with Crippen molar-refractivity contribution in [3.05, 3.63) is 35.7 Å². The van der Waals surface area contributed by atoms with Gasteiger partial charge in [0.1, 0.15) is 24.0 Å². The van der Waals surface area contributed by atoms with E-state index in [1.165, 1.54) is 18.2 Å². The zero-order valence-electron chi connectivity index (χ0n) is 9.64. The summed E-state index contributed by atoms with van der Waals surface area (Å²) in [5, 5.41) is 7.86. The van der Waals surface area contributed by atoms with E-state index in [9.17, 15) is 4.39 Å². The summed E-state index contributed by atoms with van der Waals surface area (Å²) in [6, 6.07) is 4.01. The lowest BCUT2D eigenvalue weighted by Crippen LogP contribution is -2.05. The number of hydrogen-bond donors (Lipinski definition) is 1. The number of rotatable bonds is 3. The van der Waals surface area contributed by atoms with Crippen molar-refractivity contribution >= 4 is 5.69 Å². The van der Waals surface area contributed by atoms with Gasteiger partial charge < -0.3 is 15.0 Å². The molecule has 0 aliphatic rings. The van der Waals surface area contributed by atoms with Crippen molar-refractivity contribution in [2.75, 3.05) is 5.73 Å². The second-order valence-corrected chi connectivity index (χ2v) is 3.69. The van der Waals surface area contributed by atoms with Crippen LogP contribution in [0.2, 0.25) is 0 Å². The monoisotopic (exact) mass is 236 g/mol. The van der Waals surface area contributed by atoms with E-state index in [2.05, 4.69) is 10.2 Å². The van der Waals surface area contributed by atoms with Crippen molar-refractivity contribution in [1.82, 2.24) is 14.8 Å². The lowest BCUT2D eigenvalue weighted by molar-refractivity contribution is 0.292. The molecule has 90 valence electrons. The maximum atomic E-state index is 12.8. The zero-order valence-corrected chi connectivity index (χ0v) is 9.64. The Hall–Kier alpha value is -2.11. The second kappa shape index (κ2) is 4.40. The summed E-state index contributed by atoms with van der Waals surface area (Å²) in [7, 11) is 1.85. The van der Waals surface area contributed by atoms with Gasteiger partial charge in [-0.3, -0.25) is 0 Å². The number of halogens is 1. The molecule has 6 heteroatoms. The van der Waals surface area contributed by atoms with Crippen molar-refractivity contribution in [2.24, 2.45) is 7.05 Å². The number of nitrogens with two attached hydrogens (primary N) is 1. The molecule has 0 fully saturated rings. The number of anilines is 1. The van der Waals surface area contributed by atoms with Crippen LogP contribution in [0, 0.1) is 12.7 Å². The van der Waals surface area contributed by atoms with E-state index in [1.54, 1.807) is 0 Å². The third kappa shape index (κ3) is 2.35. The second-order valence-electron chi connectivity index (χ2n) is 3.69. The number of nitrogens with zero attached hydrogens (tertiary/aromatic N) is 3. The van der Waals surface area contributed by atoms with Crippen LogP contribution in [0.15, 0.2) is 18.2 Å². The first kappa shape index (κ1) is 11.4. The van der Waals surface area contributed by atoms with Gasteiger partial charge in [-0.1, -0.05) is 0 Å². The number of ether oxygens (including phenoxy) is 1. The minimum absolute atomic E-state index is 0.243. The number of benzene rings is 1. The summed E-state index contributed by atoms with van der Waals surface area (Å²) in [5.74, 6) is 1.54. The first-order valence-electron chi connectivity index (χ1n) is 5.10. The van der Waals surface area contributed by atoms with E-state index in [1.807, 2.05) is 18.5 Å². The van der Waals surface area contributed by atoms with E-state index in [4.69, 9.17) is 10.5 Å². The molecule has 0 saturated heterocycles. The summed E-state index contributed by atoms with van der Waals surface area (Å²) < 4.78 is 20.1. The molecule has 0 aliphatic carbocycles. The molecule has 0 aliphatic heterocycles. The Morgan fingerprint density at radius 3 is 2.76 bits per heavy atom. The van der Waals surface area contributed by atoms with Crippen molar-refractivity contribution in [2.45, 2.75) is 13.5 Å². The third-order valence-electron chi connectivity index (χ3n) is 2.51. The van der Waals surface area contributed by atoms with Gasteiger partial charge in [0.2, 0.25) is 0 Å². The molecule has 2 aromatic rings. The average molecular weight is 236 g/mol. The summed E-state index contributed by atoms with van der Waals surface area (Å²) >= 11 is 0. The van der Waals surface area contributed by atoms with Gasteiger partial charge in [0, 0.05) is 13.1 Å². The third-order valence-corrected chi connectivity index (χ3v) is 2.51. The van der Waals surface area contributed by atoms with Crippen molar-refractivity contribution in [1.29, 1.82) is 0 Å². The van der Waals surface area contributed by atoms with Crippen molar-refractivity contribution < 1.29 is 9.13 Å². The van der Waals surface area contributed by atoms with Crippen LogP contribution in [-0.2, 0) is 13.7 Å². The fourth-order valence-corrected chi connectivity index (χ4v) is 1.37. The predicted octanol–water partition coefficient (Wildman–Crippen LogP) is 1.42. The highest BCUT2D eigenvalue weighted by Gasteiger charge is 2.07. The summed E-state index contributed by atoms with van der Waals surface area (Å²) in [4.78, 5) is 0. The molecular formula is C11H13FN4O. The van der Waals surface area contributed by atoms with Gasteiger partial charge in [-0.25, -0.2) is 4.39 Å². The molecule has 1 heterocycles. The molecule has 0 radical (unpaired) electrons. The van der Waals surface area contributed by atoms with Crippen LogP contribution < -0.4 is 10.5 Å². The molecule has 0 atom stereocenters. The van der Waals surface area contributed by atoms with Gasteiger partial charge in [0.15, 0.2) is 5.82 Å². The normalized spacial score (nSPS) is 10.5. The highest BCUT2D eigenvalue weighted by atomic mass is 19.1. The highest BCUT2D eigenvalue weighted by Crippen LogP contribution is 2.22. The minimum atomic E-state index is -0.385.